The van der Waals surface area contributed by atoms with Crippen LogP contribution in [0.2, 0.25) is 0 Å². The van der Waals surface area contributed by atoms with Gasteiger partial charge in [0.05, 0.1) is 25.2 Å². The van der Waals surface area contributed by atoms with E-state index in [-0.39, 0.29) is 0 Å². The van der Waals surface area contributed by atoms with Crippen LogP contribution in [-0.2, 0) is 31.3 Å². The van der Waals surface area contributed by atoms with E-state index in [1.807, 2.05) is 0 Å². The van der Waals surface area contributed by atoms with Gasteiger partial charge in [0.2, 0.25) is 0 Å². The summed E-state index contributed by atoms with van der Waals surface area (Å²) >= 11 is 0. The molecule has 4 nitrogen and oxygen atoms in total. The number of rotatable bonds is 14. The van der Waals surface area contributed by atoms with Gasteiger partial charge in [-0.15, -0.1) is 0 Å². The third-order valence-electron chi connectivity index (χ3n) is 7.37. The van der Waals surface area contributed by atoms with E-state index in [9.17, 15) is 20.4 Å². The average Bonchev–Trinajstić information content (AvgIpc) is 2.81. The maximum Gasteiger partial charge on any atom is 0.128 e. The van der Waals surface area contributed by atoms with Crippen molar-refractivity contribution in [2.45, 2.75) is 98.5 Å². The third kappa shape index (κ3) is 5.67. The molecule has 0 bridgehead atoms. The van der Waals surface area contributed by atoms with Crippen molar-refractivity contribution >= 4 is 0 Å². The number of aryl methyl sites for hydroxylation is 6. The second kappa shape index (κ2) is 13.0. The highest BCUT2D eigenvalue weighted by atomic mass is 16.3. The molecule has 0 fully saturated rings. The van der Waals surface area contributed by atoms with E-state index >= 15 is 0 Å². The fraction of sp³-hybridized carbons (Fsp3) is 0.613. The largest absolute Gasteiger partial charge is 0.395 e. The van der Waals surface area contributed by atoms with Crippen LogP contribution in [0.1, 0.15) is 97.9 Å². The van der Waals surface area contributed by atoms with Gasteiger partial charge in [-0.3, -0.25) is 0 Å². The van der Waals surface area contributed by atoms with E-state index < -0.39 is 30.8 Å². The maximum atomic E-state index is 13.2. The van der Waals surface area contributed by atoms with Gasteiger partial charge in [0, 0.05) is 0 Å². The molecular formula is C31H48O4. The second-order valence-electron chi connectivity index (χ2n) is 10.4. The van der Waals surface area contributed by atoms with Crippen LogP contribution in [0, 0.1) is 19.3 Å². The zero-order valence-electron chi connectivity index (χ0n) is 22.9. The van der Waals surface area contributed by atoms with Gasteiger partial charge >= 0.3 is 0 Å². The van der Waals surface area contributed by atoms with Gasteiger partial charge in [0.15, 0.2) is 0 Å². The first-order valence-electron chi connectivity index (χ1n) is 13.5. The SMILES string of the molecule is CCCc1cc(C)cc(CCC)c1C(O)(c1c(CCC)cc(C)cc1CCC)C(CO)(CO)CO. The minimum atomic E-state index is -1.75. The molecule has 0 saturated carbocycles. The highest BCUT2D eigenvalue weighted by molar-refractivity contribution is 5.55. The lowest BCUT2D eigenvalue weighted by molar-refractivity contribution is -0.137. The van der Waals surface area contributed by atoms with Crippen molar-refractivity contribution < 1.29 is 20.4 Å². The Morgan fingerprint density at radius 1 is 0.543 bits per heavy atom. The predicted octanol–water partition coefficient (Wildman–Crippen LogP) is 5.31. The molecule has 2 aromatic carbocycles. The lowest BCUT2D eigenvalue weighted by Crippen LogP contribution is -2.55. The number of aliphatic hydroxyl groups excluding tert-OH is 3. The zero-order chi connectivity index (χ0) is 26.2. The van der Waals surface area contributed by atoms with Gasteiger partial charge in [0.25, 0.3) is 0 Å². The van der Waals surface area contributed by atoms with Crippen LogP contribution in [0.25, 0.3) is 0 Å². The summed E-state index contributed by atoms with van der Waals surface area (Å²) in [5.74, 6) is 0. The molecule has 0 radical (unpaired) electrons. The molecule has 0 atom stereocenters. The van der Waals surface area contributed by atoms with Crippen LogP contribution in [0.3, 0.4) is 0 Å². The van der Waals surface area contributed by atoms with Crippen molar-refractivity contribution in [2.24, 2.45) is 5.41 Å². The summed E-state index contributed by atoms with van der Waals surface area (Å²) in [6.07, 6.45) is 6.69. The Kier molecular flexibility index (Phi) is 11.0. The number of benzene rings is 2. The Morgan fingerprint density at radius 2 is 0.800 bits per heavy atom. The van der Waals surface area contributed by atoms with Crippen LogP contribution < -0.4 is 0 Å². The molecule has 0 aliphatic heterocycles. The first-order valence-corrected chi connectivity index (χ1v) is 13.5. The molecule has 0 aliphatic carbocycles. The molecule has 4 heteroatoms. The van der Waals surface area contributed by atoms with E-state index in [1.165, 1.54) is 0 Å². The van der Waals surface area contributed by atoms with Gasteiger partial charge < -0.3 is 20.4 Å². The van der Waals surface area contributed by atoms with Gasteiger partial charge in [-0.05, 0) is 72.9 Å². The number of hydrogen-bond donors (Lipinski definition) is 4. The van der Waals surface area contributed by atoms with Crippen molar-refractivity contribution in [3.8, 4) is 0 Å². The standard InChI is InChI=1S/C31H48O4/c1-7-11-24-15-22(5)16-25(12-8-2)28(24)31(35,30(19-32,20-33)21-34)29-26(13-9-3)17-23(6)18-27(29)14-10-4/h15-18,32-35H,7-14,19-21H2,1-6H3. The van der Waals surface area contributed by atoms with Crippen LogP contribution in [0.4, 0.5) is 0 Å². The van der Waals surface area contributed by atoms with Crippen molar-refractivity contribution in [3.63, 3.8) is 0 Å². The fourth-order valence-corrected chi connectivity index (χ4v) is 5.83. The monoisotopic (exact) mass is 484 g/mol. The second-order valence-corrected chi connectivity index (χ2v) is 10.4. The first-order chi connectivity index (χ1) is 16.7. The average molecular weight is 485 g/mol. The van der Waals surface area contributed by atoms with Crippen LogP contribution in [-0.4, -0.2) is 40.2 Å². The maximum absolute atomic E-state index is 13.2. The third-order valence-corrected chi connectivity index (χ3v) is 7.37. The molecule has 0 amide bonds. The molecule has 4 N–H and O–H groups in total. The molecule has 0 spiro atoms. The van der Waals surface area contributed by atoms with Gasteiger partial charge in [-0.2, -0.15) is 0 Å². The van der Waals surface area contributed by atoms with E-state index in [2.05, 4.69) is 65.8 Å². The normalized spacial score (nSPS) is 12.4. The minimum absolute atomic E-state index is 0.535. The Balaban J connectivity index is 3.21. The van der Waals surface area contributed by atoms with E-state index in [1.54, 1.807) is 0 Å². The smallest absolute Gasteiger partial charge is 0.128 e. The summed E-state index contributed by atoms with van der Waals surface area (Å²) in [6, 6.07) is 8.53. The molecule has 0 heterocycles. The Bertz CT molecular complexity index is 831. The lowest BCUT2D eigenvalue weighted by Gasteiger charge is -2.48. The fourth-order valence-electron chi connectivity index (χ4n) is 5.83. The summed E-state index contributed by atoms with van der Waals surface area (Å²) in [7, 11) is 0. The molecule has 35 heavy (non-hydrogen) atoms. The lowest BCUT2D eigenvalue weighted by atomic mass is 9.61. The van der Waals surface area contributed by atoms with Crippen molar-refractivity contribution in [2.75, 3.05) is 19.8 Å². The zero-order valence-corrected chi connectivity index (χ0v) is 22.9. The summed E-state index contributed by atoms with van der Waals surface area (Å²) in [5.41, 5.74) is 4.63. The summed E-state index contributed by atoms with van der Waals surface area (Å²) < 4.78 is 0. The predicted molar refractivity (Wildman–Crippen MR) is 145 cm³/mol. The minimum Gasteiger partial charge on any atom is -0.395 e. The number of aliphatic hydroxyl groups is 4. The molecule has 0 saturated heterocycles. The number of hydrogen-bond acceptors (Lipinski definition) is 4. The Labute approximate surface area is 213 Å². The Morgan fingerprint density at radius 3 is 1.00 bits per heavy atom. The summed E-state index contributed by atoms with van der Waals surface area (Å²) in [5, 5.41) is 45.4. The Hall–Kier alpha value is -1.72. The molecule has 0 unspecified atom stereocenters. The van der Waals surface area contributed by atoms with E-state index in [4.69, 9.17) is 0 Å². The van der Waals surface area contributed by atoms with Gasteiger partial charge in [-0.25, -0.2) is 0 Å². The van der Waals surface area contributed by atoms with Crippen LogP contribution in [0.15, 0.2) is 24.3 Å². The molecule has 0 aliphatic rings. The molecule has 2 aromatic rings. The van der Waals surface area contributed by atoms with Gasteiger partial charge in [-0.1, -0.05) is 88.8 Å². The molecular weight excluding hydrogens is 436 g/mol. The summed E-state index contributed by atoms with van der Waals surface area (Å²) in [6.45, 7) is 11.0. The van der Waals surface area contributed by atoms with Crippen molar-refractivity contribution in [3.05, 3.63) is 68.8 Å². The van der Waals surface area contributed by atoms with E-state index in [0.717, 1.165) is 95.9 Å². The molecule has 0 aromatic heterocycles. The highest BCUT2D eigenvalue weighted by Gasteiger charge is 2.55. The van der Waals surface area contributed by atoms with Crippen LogP contribution in [0.5, 0.6) is 0 Å². The van der Waals surface area contributed by atoms with Gasteiger partial charge in [0.1, 0.15) is 5.60 Å². The van der Waals surface area contributed by atoms with E-state index in [0.29, 0.717) is 0 Å². The molecule has 2 rings (SSSR count). The summed E-state index contributed by atoms with van der Waals surface area (Å²) in [4.78, 5) is 0. The quantitative estimate of drug-likeness (QED) is 0.293. The van der Waals surface area contributed by atoms with Crippen molar-refractivity contribution in [1.29, 1.82) is 0 Å². The highest BCUT2D eigenvalue weighted by Crippen LogP contribution is 2.51. The first kappa shape index (κ1) is 29.5. The topological polar surface area (TPSA) is 80.9 Å². The van der Waals surface area contributed by atoms with Crippen LogP contribution >= 0.6 is 0 Å². The molecule has 196 valence electrons. The van der Waals surface area contributed by atoms with Crippen molar-refractivity contribution in [1.82, 2.24) is 0 Å².